The number of nitrogens with one attached hydrogen (secondary N) is 1. The summed E-state index contributed by atoms with van der Waals surface area (Å²) in [7, 11) is 0. The highest BCUT2D eigenvalue weighted by Crippen LogP contribution is 2.37. The molecule has 3 rings (SSSR count). The third kappa shape index (κ3) is 2.97. The lowest BCUT2D eigenvalue weighted by molar-refractivity contribution is -0.134. The number of carbonyl (C=O) groups is 1. The van der Waals surface area contributed by atoms with Gasteiger partial charge in [-0.1, -0.05) is 0 Å². The molecule has 3 atom stereocenters. The van der Waals surface area contributed by atoms with Gasteiger partial charge in [-0.3, -0.25) is 9.69 Å². The third-order valence-electron chi connectivity index (χ3n) is 3.95. The second kappa shape index (κ2) is 5.33. The van der Waals surface area contributed by atoms with Crippen molar-refractivity contribution in [2.45, 2.75) is 56.8 Å². The Morgan fingerprint density at radius 2 is 1.65 bits per heavy atom. The van der Waals surface area contributed by atoms with Crippen molar-refractivity contribution < 1.29 is 15.0 Å². The van der Waals surface area contributed by atoms with Gasteiger partial charge in [-0.15, -0.1) is 0 Å². The SMILES string of the molecule is CC(=O)O.O[C@@H]1C[C@H]2CC[C@@H](C1)N2C1CNC1. The Kier molecular flexibility index (Phi) is 4.01. The van der Waals surface area contributed by atoms with E-state index in [1.807, 2.05) is 0 Å². The van der Waals surface area contributed by atoms with E-state index in [1.54, 1.807) is 0 Å². The number of hydrogen-bond donors (Lipinski definition) is 3. The molecule has 0 unspecified atom stereocenters. The van der Waals surface area contributed by atoms with Crippen molar-refractivity contribution in [1.29, 1.82) is 0 Å². The highest BCUT2D eigenvalue weighted by Gasteiger charge is 2.44. The Morgan fingerprint density at radius 1 is 1.18 bits per heavy atom. The normalized spacial score (nSPS) is 36.9. The molecule has 17 heavy (non-hydrogen) atoms. The van der Waals surface area contributed by atoms with E-state index < -0.39 is 5.97 Å². The lowest BCUT2D eigenvalue weighted by Crippen LogP contribution is -2.62. The third-order valence-corrected chi connectivity index (χ3v) is 3.95. The minimum absolute atomic E-state index is 0.0122. The molecule has 3 aliphatic heterocycles. The molecular formula is C12H22N2O3. The van der Waals surface area contributed by atoms with E-state index >= 15 is 0 Å². The van der Waals surface area contributed by atoms with Gasteiger partial charge < -0.3 is 15.5 Å². The number of aliphatic hydroxyl groups excluding tert-OH is 1. The number of fused-ring (bicyclic) bond motifs is 2. The molecule has 3 aliphatic rings. The fraction of sp³-hybridized carbons (Fsp3) is 0.917. The molecule has 2 bridgehead atoms. The Labute approximate surface area is 102 Å². The Morgan fingerprint density at radius 3 is 2.00 bits per heavy atom. The number of carboxylic acids is 1. The lowest BCUT2D eigenvalue weighted by atomic mass is 9.96. The summed E-state index contributed by atoms with van der Waals surface area (Å²) in [5.74, 6) is -0.833. The van der Waals surface area contributed by atoms with Crippen LogP contribution in [0.2, 0.25) is 0 Å². The maximum atomic E-state index is 9.64. The molecule has 3 fully saturated rings. The van der Waals surface area contributed by atoms with E-state index in [-0.39, 0.29) is 6.10 Å². The largest absolute Gasteiger partial charge is 0.481 e. The average Bonchev–Trinajstić information content (AvgIpc) is 2.42. The standard InChI is InChI=1S/C10H18N2O.C2H4O2/c13-10-3-7-1-2-8(4-10)12(7)9-5-11-6-9;1-2(3)4/h7-11,13H,1-6H2;1H3,(H,3,4)/t7-,8+,10-;. The Balaban J connectivity index is 0.000000239. The van der Waals surface area contributed by atoms with Crippen LogP contribution in [0.15, 0.2) is 0 Å². The van der Waals surface area contributed by atoms with Gasteiger partial charge in [-0.2, -0.15) is 0 Å². The second-order valence-electron chi connectivity index (χ2n) is 5.29. The number of hydrogen-bond acceptors (Lipinski definition) is 4. The van der Waals surface area contributed by atoms with Crippen molar-refractivity contribution >= 4 is 5.97 Å². The molecule has 0 radical (unpaired) electrons. The number of aliphatic carboxylic acids is 1. The summed E-state index contributed by atoms with van der Waals surface area (Å²) in [4.78, 5) is 11.7. The Hall–Kier alpha value is -0.650. The van der Waals surface area contributed by atoms with E-state index in [0.29, 0.717) is 12.1 Å². The smallest absolute Gasteiger partial charge is 0.300 e. The first-order chi connectivity index (χ1) is 8.08. The minimum Gasteiger partial charge on any atom is -0.481 e. The number of piperidine rings is 1. The molecule has 3 heterocycles. The van der Waals surface area contributed by atoms with E-state index in [0.717, 1.165) is 25.8 Å². The van der Waals surface area contributed by atoms with Gasteiger partial charge in [0.1, 0.15) is 0 Å². The van der Waals surface area contributed by atoms with Crippen molar-refractivity contribution in [2.75, 3.05) is 13.1 Å². The summed E-state index contributed by atoms with van der Waals surface area (Å²) in [5, 5.41) is 20.4. The summed E-state index contributed by atoms with van der Waals surface area (Å²) in [6, 6.07) is 2.17. The van der Waals surface area contributed by atoms with Gasteiger partial charge in [0.25, 0.3) is 5.97 Å². The molecule has 0 spiro atoms. The first-order valence-corrected chi connectivity index (χ1v) is 6.43. The molecule has 3 N–H and O–H groups in total. The predicted molar refractivity (Wildman–Crippen MR) is 63.9 cm³/mol. The van der Waals surface area contributed by atoms with Crippen molar-refractivity contribution in [3.8, 4) is 0 Å². The lowest BCUT2D eigenvalue weighted by Gasteiger charge is -2.46. The van der Waals surface area contributed by atoms with Gasteiger partial charge in [-0.25, -0.2) is 0 Å². The first-order valence-electron chi connectivity index (χ1n) is 6.43. The molecule has 5 nitrogen and oxygen atoms in total. The molecule has 0 saturated carbocycles. The van der Waals surface area contributed by atoms with Gasteiger partial charge in [0.2, 0.25) is 0 Å². The molecule has 98 valence electrons. The summed E-state index contributed by atoms with van der Waals surface area (Å²) in [6.07, 6.45) is 4.66. The monoisotopic (exact) mass is 242 g/mol. The van der Waals surface area contributed by atoms with Gasteiger partial charge in [0.15, 0.2) is 0 Å². The van der Waals surface area contributed by atoms with Crippen molar-refractivity contribution in [2.24, 2.45) is 0 Å². The molecule has 3 saturated heterocycles. The van der Waals surface area contributed by atoms with Gasteiger partial charge >= 0.3 is 0 Å². The molecule has 0 aromatic carbocycles. The van der Waals surface area contributed by atoms with E-state index in [4.69, 9.17) is 9.90 Å². The molecule has 0 aromatic rings. The summed E-state index contributed by atoms with van der Waals surface area (Å²) >= 11 is 0. The van der Waals surface area contributed by atoms with E-state index in [2.05, 4.69) is 10.2 Å². The van der Waals surface area contributed by atoms with Crippen LogP contribution in [0, 0.1) is 0 Å². The fourth-order valence-corrected chi connectivity index (χ4v) is 3.27. The molecule has 5 heteroatoms. The number of nitrogens with zero attached hydrogens (tertiary/aromatic N) is 1. The molecular weight excluding hydrogens is 220 g/mol. The van der Waals surface area contributed by atoms with Crippen molar-refractivity contribution in [3.63, 3.8) is 0 Å². The van der Waals surface area contributed by atoms with Crippen LogP contribution >= 0.6 is 0 Å². The van der Waals surface area contributed by atoms with Gasteiger partial charge in [0.05, 0.1) is 6.10 Å². The van der Waals surface area contributed by atoms with Crippen molar-refractivity contribution in [1.82, 2.24) is 10.2 Å². The zero-order valence-corrected chi connectivity index (χ0v) is 10.3. The number of carboxylic acid groups (broad SMARTS) is 1. The van der Waals surface area contributed by atoms with Crippen LogP contribution < -0.4 is 5.32 Å². The molecule has 0 aliphatic carbocycles. The molecule has 0 aromatic heterocycles. The van der Waals surface area contributed by atoms with Crippen LogP contribution in [0.3, 0.4) is 0 Å². The maximum Gasteiger partial charge on any atom is 0.300 e. The van der Waals surface area contributed by atoms with Crippen LogP contribution in [-0.2, 0) is 4.79 Å². The second-order valence-corrected chi connectivity index (χ2v) is 5.29. The maximum absolute atomic E-state index is 9.64. The highest BCUT2D eigenvalue weighted by atomic mass is 16.4. The number of aliphatic hydroxyl groups is 1. The quantitative estimate of drug-likeness (QED) is 0.605. The van der Waals surface area contributed by atoms with Crippen LogP contribution in [0.1, 0.15) is 32.6 Å². The summed E-state index contributed by atoms with van der Waals surface area (Å²) < 4.78 is 0. The van der Waals surface area contributed by atoms with Crippen LogP contribution in [-0.4, -0.2) is 58.4 Å². The average molecular weight is 242 g/mol. The van der Waals surface area contributed by atoms with Gasteiger partial charge in [-0.05, 0) is 25.7 Å². The first kappa shape index (κ1) is 12.8. The van der Waals surface area contributed by atoms with Crippen LogP contribution in [0.4, 0.5) is 0 Å². The van der Waals surface area contributed by atoms with Crippen LogP contribution in [0.5, 0.6) is 0 Å². The number of rotatable bonds is 1. The van der Waals surface area contributed by atoms with E-state index in [1.165, 1.54) is 25.9 Å². The van der Waals surface area contributed by atoms with Gasteiger partial charge in [0, 0.05) is 38.1 Å². The Bertz CT molecular complexity index is 263. The predicted octanol–water partition coefficient (Wildman–Crippen LogP) is 0.0368. The fourth-order valence-electron chi connectivity index (χ4n) is 3.27. The zero-order chi connectivity index (χ0) is 12.4. The van der Waals surface area contributed by atoms with E-state index in [9.17, 15) is 5.11 Å². The topological polar surface area (TPSA) is 72.8 Å². The zero-order valence-electron chi connectivity index (χ0n) is 10.3. The highest BCUT2D eigenvalue weighted by molar-refractivity contribution is 5.62. The summed E-state index contributed by atoms with van der Waals surface area (Å²) in [6.45, 7) is 3.42. The van der Waals surface area contributed by atoms with Crippen molar-refractivity contribution in [3.05, 3.63) is 0 Å². The minimum atomic E-state index is -0.833. The molecule has 0 amide bonds. The van der Waals surface area contributed by atoms with Crippen LogP contribution in [0.25, 0.3) is 0 Å². The summed E-state index contributed by atoms with van der Waals surface area (Å²) in [5.41, 5.74) is 0.